The molecule has 116 valence electrons. The minimum atomic E-state index is -2.94. The highest BCUT2D eigenvalue weighted by Crippen LogP contribution is 2.21. The second-order valence-corrected chi connectivity index (χ2v) is 7.33. The molecule has 0 spiro atoms. The Bertz CT molecular complexity index is 621. The van der Waals surface area contributed by atoms with Crippen molar-refractivity contribution in [3.05, 3.63) is 17.0 Å². The van der Waals surface area contributed by atoms with Crippen molar-refractivity contribution < 1.29 is 17.9 Å². The van der Waals surface area contributed by atoms with Crippen molar-refractivity contribution >= 4 is 33.2 Å². The molecule has 21 heavy (non-hydrogen) atoms. The predicted octanol–water partition coefficient (Wildman–Crippen LogP) is 1.30. The van der Waals surface area contributed by atoms with Gasteiger partial charge in [-0.3, -0.25) is 0 Å². The normalized spacial score (nSPS) is 18.2. The molecule has 0 radical (unpaired) electrons. The van der Waals surface area contributed by atoms with Crippen LogP contribution < -0.4 is 5.32 Å². The molecule has 1 aliphatic rings. The third-order valence-electron chi connectivity index (χ3n) is 3.15. The number of carbonyl (C=O) groups excluding carboxylic acids is 1. The summed E-state index contributed by atoms with van der Waals surface area (Å²) in [5.41, 5.74) is 0.190. The zero-order valence-electron chi connectivity index (χ0n) is 11.5. The van der Waals surface area contributed by atoms with Crippen LogP contribution in [0.25, 0.3) is 0 Å². The lowest BCUT2D eigenvalue weighted by Crippen LogP contribution is -2.33. The molecule has 9 heteroatoms. The maximum atomic E-state index is 11.8. The fraction of sp³-hybridized carbons (Fsp3) is 0.583. The number of esters is 1. The van der Waals surface area contributed by atoms with Gasteiger partial charge in [0.1, 0.15) is 21.2 Å². The molecular weight excluding hydrogens is 318 g/mol. The minimum absolute atomic E-state index is 0.00831. The van der Waals surface area contributed by atoms with E-state index in [-0.39, 0.29) is 40.8 Å². The third-order valence-corrected chi connectivity index (χ3v) is 5.05. The number of rotatable bonds is 4. The summed E-state index contributed by atoms with van der Waals surface area (Å²) in [5.74, 6) is -0.0194. The van der Waals surface area contributed by atoms with Gasteiger partial charge in [0.15, 0.2) is 0 Å². The van der Waals surface area contributed by atoms with Crippen LogP contribution in [0.4, 0.5) is 5.82 Å². The second-order valence-electron chi connectivity index (χ2n) is 4.69. The van der Waals surface area contributed by atoms with E-state index in [1.165, 1.54) is 6.20 Å². The molecule has 0 bridgehead atoms. The number of halogens is 1. The van der Waals surface area contributed by atoms with Gasteiger partial charge in [0.25, 0.3) is 0 Å². The fourth-order valence-corrected chi connectivity index (χ4v) is 3.68. The quantitative estimate of drug-likeness (QED) is 0.655. The van der Waals surface area contributed by atoms with E-state index in [1.807, 2.05) is 0 Å². The standard InChI is InChI=1S/C12H16ClN3O4S/c1-2-20-11(17)9-7-14-12(13)16-10(9)15-8-3-5-21(18,19)6-4-8/h7-8H,2-6H2,1H3,(H,14,15,16). The Labute approximate surface area is 128 Å². The van der Waals surface area contributed by atoms with Crippen LogP contribution in [-0.4, -0.2) is 48.5 Å². The lowest BCUT2D eigenvalue weighted by atomic mass is 10.1. The van der Waals surface area contributed by atoms with Crippen LogP contribution in [0.2, 0.25) is 5.28 Å². The summed E-state index contributed by atoms with van der Waals surface area (Å²) in [6, 6.07) is -0.0762. The first-order valence-electron chi connectivity index (χ1n) is 6.58. The molecular formula is C12H16ClN3O4S. The Kier molecular flexibility index (Phi) is 5.00. The highest BCUT2D eigenvalue weighted by Gasteiger charge is 2.25. The zero-order valence-corrected chi connectivity index (χ0v) is 13.1. The maximum absolute atomic E-state index is 11.8. The molecule has 1 aromatic rings. The molecule has 1 fully saturated rings. The number of nitrogens with zero attached hydrogens (tertiary/aromatic N) is 2. The first kappa shape index (κ1) is 16.0. The van der Waals surface area contributed by atoms with E-state index in [4.69, 9.17) is 16.3 Å². The molecule has 0 saturated carbocycles. The summed E-state index contributed by atoms with van der Waals surface area (Å²) in [5, 5.41) is 3.07. The van der Waals surface area contributed by atoms with Crippen LogP contribution in [0.1, 0.15) is 30.1 Å². The monoisotopic (exact) mass is 333 g/mol. The number of anilines is 1. The van der Waals surface area contributed by atoms with Gasteiger partial charge in [0.2, 0.25) is 5.28 Å². The summed E-state index contributed by atoms with van der Waals surface area (Å²) in [4.78, 5) is 19.6. The first-order valence-corrected chi connectivity index (χ1v) is 8.78. The largest absolute Gasteiger partial charge is 0.462 e. The van der Waals surface area contributed by atoms with Crippen LogP contribution in [0.5, 0.6) is 0 Å². The van der Waals surface area contributed by atoms with Crippen molar-refractivity contribution in [3.63, 3.8) is 0 Å². The van der Waals surface area contributed by atoms with E-state index < -0.39 is 15.8 Å². The molecule has 0 aliphatic carbocycles. The minimum Gasteiger partial charge on any atom is -0.462 e. The summed E-state index contributed by atoms with van der Waals surface area (Å²) < 4.78 is 27.8. The van der Waals surface area contributed by atoms with Gasteiger partial charge >= 0.3 is 5.97 Å². The number of sulfone groups is 1. The third kappa shape index (κ3) is 4.28. The van der Waals surface area contributed by atoms with Gasteiger partial charge in [-0.05, 0) is 31.4 Å². The summed E-state index contributed by atoms with van der Waals surface area (Å²) in [6.45, 7) is 1.94. The van der Waals surface area contributed by atoms with Crippen molar-refractivity contribution in [2.75, 3.05) is 23.4 Å². The molecule has 1 saturated heterocycles. The lowest BCUT2D eigenvalue weighted by molar-refractivity contribution is 0.0526. The van der Waals surface area contributed by atoms with Gasteiger partial charge in [-0.25, -0.2) is 18.2 Å². The van der Waals surface area contributed by atoms with Crippen LogP contribution in [0.15, 0.2) is 6.20 Å². The van der Waals surface area contributed by atoms with Gasteiger partial charge in [0, 0.05) is 12.2 Å². The van der Waals surface area contributed by atoms with Gasteiger partial charge in [-0.1, -0.05) is 0 Å². The number of ether oxygens (including phenoxy) is 1. The Morgan fingerprint density at radius 1 is 1.48 bits per heavy atom. The summed E-state index contributed by atoms with van der Waals surface area (Å²) >= 11 is 5.75. The Morgan fingerprint density at radius 3 is 2.76 bits per heavy atom. The molecule has 2 rings (SSSR count). The number of aromatic nitrogens is 2. The summed E-state index contributed by atoms with van der Waals surface area (Å²) in [7, 11) is -2.94. The topological polar surface area (TPSA) is 98.2 Å². The highest BCUT2D eigenvalue weighted by atomic mass is 35.5. The second kappa shape index (κ2) is 6.57. The predicted molar refractivity (Wildman–Crippen MR) is 78.3 cm³/mol. The van der Waals surface area contributed by atoms with Crippen molar-refractivity contribution in [3.8, 4) is 0 Å². The van der Waals surface area contributed by atoms with Gasteiger partial charge in [-0.2, -0.15) is 4.98 Å². The van der Waals surface area contributed by atoms with E-state index in [0.717, 1.165) is 0 Å². The molecule has 0 amide bonds. The van der Waals surface area contributed by atoms with Crippen molar-refractivity contribution in [1.82, 2.24) is 9.97 Å². The summed E-state index contributed by atoms with van der Waals surface area (Å²) in [6.07, 6.45) is 2.23. The van der Waals surface area contributed by atoms with E-state index in [9.17, 15) is 13.2 Å². The molecule has 7 nitrogen and oxygen atoms in total. The molecule has 1 N–H and O–H groups in total. The van der Waals surface area contributed by atoms with Crippen LogP contribution in [0.3, 0.4) is 0 Å². The van der Waals surface area contributed by atoms with Crippen LogP contribution in [0, 0.1) is 0 Å². The number of hydrogen-bond acceptors (Lipinski definition) is 7. The molecule has 0 aromatic carbocycles. The molecule has 0 unspecified atom stereocenters. The van der Waals surface area contributed by atoms with Crippen LogP contribution in [-0.2, 0) is 14.6 Å². The van der Waals surface area contributed by atoms with E-state index in [1.54, 1.807) is 6.92 Å². The molecule has 1 aromatic heterocycles. The molecule has 1 aliphatic heterocycles. The van der Waals surface area contributed by atoms with Gasteiger partial charge in [-0.15, -0.1) is 0 Å². The number of nitrogens with one attached hydrogen (secondary N) is 1. The molecule has 0 atom stereocenters. The van der Waals surface area contributed by atoms with E-state index in [2.05, 4.69) is 15.3 Å². The SMILES string of the molecule is CCOC(=O)c1cnc(Cl)nc1NC1CCS(=O)(=O)CC1. The average Bonchev–Trinajstić information content (AvgIpc) is 2.41. The Morgan fingerprint density at radius 2 is 2.14 bits per heavy atom. The fourth-order valence-electron chi connectivity index (χ4n) is 2.06. The first-order chi connectivity index (χ1) is 9.91. The van der Waals surface area contributed by atoms with E-state index >= 15 is 0 Å². The van der Waals surface area contributed by atoms with Gasteiger partial charge < -0.3 is 10.1 Å². The highest BCUT2D eigenvalue weighted by molar-refractivity contribution is 7.91. The lowest BCUT2D eigenvalue weighted by Gasteiger charge is -2.24. The van der Waals surface area contributed by atoms with E-state index in [0.29, 0.717) is 12.8 Å². The smallest absolute Gasteiger partial charge is 0.343 e. The zero-order chi connectivity index (χ0) is 15.5. The van der Waals surface area contributed by atoms with Crippen LogP contribution >= 0.6 is 11.6 Å². The van der Waals surface area contributed by atoms with Crippen molar-refractivity contribution in [1.29, 1.82) is 0 Å². The number of carbonyl (C=O) groups is 1. The number of hydrogen-bond donors (Lipinski definition) is 1. The molecule has 2 heterocycles. The Hall–Kier alpha value is -1.41. The average molecular weight is 334 g/mol. The van der Waals surface area contributed by atoms with Crippen molar-refractivity contribution in [2.45, 2.75) is 25.8 Å². The van der Waals surface area contributed by atoms with Crippen molar-refractivity contribution in [2.24, 2.45) is 0 Å². The maximum Gasteiger partial charge on any atom is 0.343 e. The Balaban J connectivity index is 2.15. The van der Waals surface area contributed by atoms with Gasteiger partial charge in [0.05, 0.1) is 18.1 Å².